The van der Waals surface area contributed by atoms with E-state index in [1.165, 1.54) is 4.90 Å². The monoisotopic (exact) mass is 337 g/mol. The zero-order chi connectivity index (χ0) is 17.5. The number of amides is 2. The summed E-state index contributed by atoms with van der Waals surface area (Å²) in [7, 11) is 0. The fourth-order valence-electron chi connectivity index (χ4n) is 2.48. The minimum absolute atomic E-state index is 0.202. The number of benzene rings is 1. The van der Waals surface area contributed by atoms with Gasteiger partial charge in [0, 0.05) is 6.20 Å². The number of furan rings is 1. The lowest BCUT2D eigenvalue weighted by Crippen LogP contribution is -2.42. The molecule has 0 saturated heterocycles. The molecule has 1 unspecified atom stereocenters. The molecule has 0 radical (unpaired) electrons. The van der Waals surface area contributed by atoms with E-state index in [1.807, 2.05) is 36.4 Å². The maximum atomic E-state index is 12.8. The van der Waals surface area contributed by atoms with Crippen molar-refractivity contribution in [3.63, 3.8) is 0 Å². The molecule has 1 aromatic carbocycles. The van der Waals surface area contributed by atoms with Crippen LogP contribution in [0.15, 0.2) is 77.5 Å². The van der Waals surface area contributed by atoms with Gasteiger partial charge in [-0.05, 0) is 29.8 Å². The minimum atomic E-state index is -0.503. The lowest BCUT2D eigenvalue weighted by atomic mass is 10.1. The summed E-state index contributed by atoms with van der Waals surface area (Å²) in [5.74, 6) is 1.14. The van der Waals surface area contributed by atoms with Gasteiger partial charge in [0.2, 0.25) is 0 Å². The van der Waals surface area contributed by atoms with E-state index in [1.54, 1.807) is 36.7 Å². The second kappa shape index (κ2) is 8.12. The Bertz CT molecular complexity index is 776. The Hall–Kier alpha value is -3.12. The number of aliphatic hydroxyl groups is 1. The highest BCUT2D eigenvalue weighted by Gasteiger charge is 2.22. The number of aromatic nitrogens is 1. The Morgan fingerprint density at radius 3 is 2.56 bits per heavy atom. The van der Waals surface area contributed by atoms with Gasteiger partial charge in [-0.1, -0.05) is 36.4 Å². The van der Waals surface area contributed by atoms with E-state index < -0.39 is 6.04 Å². The number of nitrogens with zero attached hydrogens (tertiary/aromatic N) is 2. The molecule has 2 aromatic heterocycles. The van der Waals surface area contributed by atoms with Gasteiger partial charge in [0.25, 0.3) is 0 Å². The van der Waals surface area contributed by atoms with Crippen LogP contribution in [0.3, 0.4) is 0 Å². The number of anilines is 1. The van der Waals surface area contributed by atoms with Crippen LogP contribution in [0.1, 0.15) is 17.4 Å². The molecule has 2 N–H and O–H groups in total. The molecular formula is C19H19N3O3. The quantitative estimate of drug-likeness (QED) is 0.724. The lowest BCUT2D eigenvalue weighted by Gasteiger charge is -2.24. The van der Waals surface area contributed by atoms with Crippen molar-refractivity contribution >= 4 is 11.8 Å². The fourth-order valence-corrected chi connectivity index (χ4v) is 2.48. The second-order valence-electron chi connectivity index (χ2n) is 5.45. The summed E-state index contributed by atoms with van der Waals surface area (Å²) in [5.41, 5.74) is 0.831. The van der Waals surface area contributed by atoms with Gasteiger partial charge in [-0.2, -0.15) is 0 Å². The predicted molar refractivity (Wildman–Crippen MR) is 93.9 cm³/mol. The molecule has 3 aromatic rings. The predicted octanol–water partition coefficient (Wildman–Crippen LogP) is 3.12. The second-order valence-corrected chi connectivity index (χ2v) is 5.45. The van der Waals surface area contributed by atoms with Crippen LogP contribution in [0.5, 0.6) is 0 Å². The van der Waals surface area contributed by atoms with Crippen LogP contribution < -0.4 is 10.2 Å². The first-order valence-corrected chi connectivity index (χ1v) is 7.95. The molecule has 0 aliphatic carbocycles. The zero-order valence-corrected chi connectivity index (χ0v) is 13.6. The Labute approximate surface area is 145 Å². The van der Waals surface area contributed by atoms with Crippen molar-refractivity contribution in [2.75, 3.05) is 11.5 Å². The number of nitrogens with one attached hydrogen (secondary N) is 1. The number of aliphatic hydroxyl groups excluding tert-OH is 1. The Morgan fingerprint density at radius 1 is 1.12 bits per heavy atom. The summed E-state index contributed by atoms with van der Waals surface area (Å²) in [5, 5.41) is 12.5. The van der Waals surface area contributed by atoms with E-state index in [9.17, 15) is 9.90 Å². The van der Waals surface area contributed by atoms with Crippen molar-refractivity contribution in [2.24, 2.45) is 0 Å². The van der Waals surface area contributed by atoms with Gasteiger partial charge in [0.1, 0.15) is 11.6 Å². The molecule has 2 heterocycles. The van der Waals surface area contributed by atoms with Gasteiger partial charge >= 0.3 is 6.03 Å². The van der Waals surface area contributed by atoms with Gasteiger partial charge in [-0.15, -0.1) is 0 Å². The first-order chi connectivity index (χ1) is 12.3. The van der Waals surface area contributed by atoms with Crippen molar-refractivity contribution in [3.05, 3.63) is 84.4 Å². The van der Waals surface area contributed by atoms with E-state index in [4.69, 9.17) is 4.42 Å². The van der Waals surface area contributed by atoms with Crippen molar-refractivity contribution < 1.29 is 14.3 Å². The third-order valence-electron chi connectivity index (χ3n) is 3.75. The van der Waals surface area contributed by atoms with E-state index in [-0.39, 0.29) is 19.2 Å². The van der Waals surface area contributed by atoms with Crippen LogP contribution in [0.2, 0.25) is 0 Å². The highest BCUT2D eigenvalue weighted by atomic mass is 16.3. The number of urea groups is 1. The fraction of sp³-hybridized carbons (Fsp3) is 0.158. The van der Waals surface area contributed by atoms with Crippen molar-refractivity contribution in [2.45, 2.75) is 12.6 Å². The third-order valence-corrected chi connectivity index (χ3v) is 3.75. The Morgan fingerprint density at radius 2 is 1.92 bits per heavy atom. The molecule has 3 rings (SSSR count). The van der Waals surface area contributed by atoms with E-state index in [2.05, 4.69) is 10.3 Å². The standard InChI is InChI=1S/C19H19N3O3/c23-14-17(15-7-2-1-3-8-15)21-19(24)22(13-16-9-6-12-25-16)18-10-4-5-11-20-18/h1-12,17,23H,13-14H2,(H,21,24). The molecule has 0 saturated carbocycles. The highest BCUT2D eigenvalue weighted by molar-refractivity contribution is 5.91. The van der Waals surface area contributed by atoms with Gasteiger partial charge < -0.3 is 14.8 Å². The Balaban J connectivity index is 1.81. The molecule has 1 atom stereocenters. The van der Waals surface area contributed by atoms with Gasteiger partial charge in [0.05, 0.1) is 25.5 Å². The topological polar surface area (TPSA) is 78.6 Å². The van der Waals surface area contributed by atoms with Gasteiger partial charge in [0.15, 0.2) is 0 Å². The molecule has 2 amide bonds. The number of hydrogen-bond donors (Lipinski definition) is 2. The summed E-state index contributed by atoms with van der Waals surface area (Å²) in [4.78, 5) is 18.6. The van der Waals surface area contributed by atoms with Crippen LogP contribution in [-0.2, 0) is 6.54 Å². The molecule has 6 nitrogen and oxygen atoms in total. The van der Waals surface area contributed by atoms with E-state index in [0.29, 0.717) is 11.6 Å². The average Bonchev–Trinajstić information content (AvgIpc) is 3.18. The van der Waals surface area contributed by atoms with Gasteiger partial charge in [-0.25, -0.2) is 9.78 Å². The maximum absolute atomic E-state index is 12.8. The molecule has 0 bridgehead atoms. The molecule has 0 aliphatic heterocycles. The molecule has 128 valence electrons. The Kier molecular flexibility index (Phi) is 5.43. The first-order valence-electron chi connectivity index (χ1n) is 7.95. The van der Waals surface area contributed by atoms with Gasteiger partial charge in [-0.3, -0.25) is 4.90 Å². The lowest BCUT2D eigenvalue weighted by molar-refractivity contribution is 0.220. The van der Waals surface area contributed by atoms with Crippen LogP contribution in [-0.4, -0.2) is 22.7 Å². The summed E-state index contributed by atoms with van der Waals surface area (Å²) in [6.07, 6.45) is 3.18. The summed E-state index contributed by atoms with van der Waals surface area (Å²) < 4.78 is 5.35. The third kappa shape index (κ3) is 4.24. The highest BCUT2D eigenvalue weighted by Crippen LogP contribution is 2.17. The summed E-state index contributed by atoms with van der Waals surface area (Å²) in [6.45, 7) is 0.0371. The largest absolute Gasteiger partial charge is 0.467 e. The number of hydrogen-bond acceptors (Lipinski definition) is 4. The number of carbonyl (C=O) groups is 1. The van der Waals surface area contributed by atoms with Crippen LogP contribution >= 0.6 is 0 Å². The van der Waals surface area contributed by atoms with E-state index >= 15 is 0 Å². The molecular weight excluding hydrogens is 318 g/mol. The first kappa shape index (κ1) is 16.7. The maximum Gasteiger partial charge on any atom is 0.324 e. The number of pyridine rings is 1. The van der Waals surface area contributed by atoms with Crippen LogP contribution in [0.25, 0.3) is 0 Å². The van der Waals surface area contributed by atoms with E-state index in [0.717, 1.165) is 5.56 Å². The number of rotatable bonds is 6. The molecule has 0 spiro atoms. The van der Waals surface area contributed by atoms with Crippen molar-refractivity contribution in [3.8, 4) is 0 Å². The summed E-state index contributed by atoms with van der Waals surface area (Å²) in [6, 6.07) is 17.4. The summed E-state index contributed by atoms with van der Waals surface area (Å²) >= 11 is 0. The average molecular weight is 337 g/mol. The van der Waals surface area contributed by atoms with Crippen LogP contribution in [0, 0.1) is 0 Å². The van der Waals surface area contributed by atoms with Crippen LogP contribution in [0.4, 0.5) is 10.6 Å². The molecule has 0 aliphatic rings. The molecule has 6 heteroatoms. The molecule has 0 fully saturated rings. The van der Waals surface area contributed by atoms with Crippen molar-refractivity contribution in [1.29, 1.82) is 0 Å². The normalized spacial score (nSPS) is 11.7. The molecule has 25 heavy (non-hydrogen) atoms. The zero-order valence-electron chi connectivity index (χ0n) is 13.6. The number of carbonyl (C=O) groups excluding carboxylic acids is 1. The SMILES string of the molecule is O=C(NC(CO)c1ccccc1)N(Cc1ccco1)c1ccccn1. The van der Waals surface area contributed by atoms with Crippen molar-refractivity contribution in [1.82, 2.24) is 10.3 Å². The minimum Gasteiger partial charge on any atom is -0.467 e. The smallest absolute Gasteiger partial charge is 0.324 e.